The van der Waals surface area contributed by atoms with Gasteiger partial charge < -0.3 is 0 Å². The molecule has 3 nitrogen and oxygen atoms in total. The fraction of sp³-hybridized carbons (Fsp3) is 0. The molecule has 0 atom stereocenters. The lowest BCUT2D eigenvalue weighted by Gasteiger charge is -1.51. The van der Waals surface area contributed by atoms with Crippen LogP contribution in [0.25, 0.3) is 0 Å². The summed E-state index contributed by atoms with van der Waals surface area (Å²) in [6.45, 7) is 0. The highest BCUT2D eigenvalue weighted by Gasteiger charge is 1.99. The van der Waals surface area contributed by atoms with Crippen LogP contribution < -0.4 is 0 Å². The summed E-state index contributed by atoms with van der Waals surface area (Å²) in [6, 6.07) is 0. The molecular weight excluding hydrogens is 115 g/mol. The molecule has 1 heterocycles. The molecule has 0 saturated carbocycles. The summed E-state index contributed by atoms with van der Waals surface area (Å²) in [7, 11) is 0. The molecule has 38 valence electrons. The summed E-state index contributed by atoms with van der Waals surface area (Å²) in [5.74, 6) is 0. The minimum Gasteiger partial charge on any atom is -0.147 e. The predicted octanol–water partition coefficient (Wildman–Crippen LogP) is 0.700. The average Bonchev–Trinajstić information content (AvgIpc) is 1.86. The molecule has 0 radical (unpaired) electrons. The number of allylic oxidation sites excluding steroid dienone is 1. The van der Waals surface area contributed by atoms with Gasteiger partial charge in [0, 0.05) is 11.2 Å². The Morgan fingerprint density at radius 3 is 2.43 bits per heavy atom. The second-order valence-corrected chi connectivity index (χ2v) is 0.909. The summed E-state index contributed by atoms with van der Waals surface area (Å²) in [5.41, 5.74) is 0. The van der Waals surface area contributed by atoms with Gasteiger partial charge in [-0.25, -0.2) is 0 Å². The normalized spacial score (nSPS) is 14.6. The molecule has 1 aliphatic rings. The molecule has 0 fully saturated rings. The van der Waals surface area contributed by atoms with Crippen molar-refractivity contribution in [1.29, 1.82) is 0 Å². The summed E-state index contributed by atoms with van der Waals surface area (Å²) in [4.78, 5) is 10.4. The van der Waals surface area contributed by atoms with E-state index in [1.807, 2.05) is 0 Å². The fourth-order valence-corrected chi connectivity index (χ4v) is 0.255. The Morgan fingerprint density at radius 2 is 2.29 bits per heavy atom. The zero-order valence-corrected chi connectivity index (χ0v) is 4.26. The first kappa shape index (κ1) is 6.30. The highest BCUT2D eigenvalue weighted by molar-refractivity contribution is 5.85. The number of hydrogen-bond acceptors (Lipinski definition) is 1. The topological polar surface area (TPSA) is 32.4 Å². The van der Waals surface area contributed by atoms with Crippen LogP contribution in [0.4, 0.5) is 0 Å². The van der Waals surface area contributed by atoms with E-state index in [9.17, 15) is 4.91 Å². The molecule has 0 aromatic heterocycles. The lowest BCUT2D eigenvalue weighted by atomic mass is 10.7. The molecular formula is C3H4ClN2O+. The molecule has 4 heteroatoms. The van der Waals surface area contributed by atoms with E-state index in [1.165, 1.54) is 12.4 Å². The van der Waals surface area contributed by atoms with Gasteiger partial charge in [0.25, 0.3) is 6.20 Å². The van der Waals surface area contributed by atoms with Crippen LogP contribution in [0, 0.1) is 4.91 Å². The van der Waals surface area contributed by atoms with E-state index in [1.54, 1.807) is 6.08 Å². The summed E-state index contributed by atoms with van der Waals surface area (Å²) < 4.78 is 0. The van der Waals surface area contributed by atoms with Crippen molar-refractivity contribution >= 4 is 18.6 Å². The van der Waals surface area contributed by atoms with E-state index in [2.05, 4.69) is 5.10 Å². The highest BCUT2D eigenvalue weighted by Crippen LogP contribution is 1.82. The summed E-state index contributed by atoms with van der Waals surface area (Å²) >= 11 is 0. The molecule has 7 heavy (non-hydrogen) atoms. The van der Waals surface area contributed by atoms with Gasteiger partial charge in [0.15, 0.2) is 4.87 Å². The summed E-state index contributed by atoms with van der Waals surface area (Å²) in [5, 5.41) is 3.28. The monoisotopic (exact) mass is 119 g/mol. The van der Waals surface area contributed by atoms with Crippen molar-refractivity contribution in [2.75, 3.05) is 0 Å². The van der Waals surface area contributed by atoms with Gasteiger partial charge in [-0.05, 0) is 0 Å². The Kier molecular flexibility index (Phi) is 2.22. The van der Waals surface area contributed by atoms with Crippen LogP contribution in [0.2, 0.25) is 0 Å². The first-order chi connectivity index (χ1) is 2.89. The van der Waals surface area contributed by atoms with E-state index < -0.39 is 0 Å². The lowest BCUT2D eigenvalue weighted by Crippen LogP contribution is -1.76. The third kappa shape index (κ3) is 1.45. The molecule has 1 aliphatic heterocycles. The van der Waals surface area contributed by atoms with Crippen molar-refractivity contribution in [2.24, 2.45) is 5.10 Å². The van der Waals surface area contributed by atoms with E-state index in [0.717, 1.165) is 0 Å². The number of nitroso groups, excluding NO2 is 1. The van der Waals surface area contributed by atoms with Gasteiger partial charge in [0.2, 0.25) is 0 Å². The largest absolute Gasteiger partial charge is 0.261 e. The second kappa shape index (κ2) is 2.47. The Labute approximate surface area is 46.7 Å². The van der Waals surface area contributed by atoms with Gasteiger partial charge in [-0.15, -0.1) is 12.4 Å². The second-order valence-electron chi connectivity index (χ2n) is 0.909. The number of hydrogen-bond donors (Lipinski definition) is 0. The maximum atomic E-state index is 9.88. The Balaban J connectivity index is 0.000000360. The van der Waals surface area contributed by atoms with Crippen molar-refractivity contribution in [3.8, 4) is 0 Å². The molecule has 0 aromatic carbocycles. The SMILES string of the molecule is Cl.O=[N+]1C=CC=N1. The predicted molar refractivity (Wildman–Crippen MR) is 28.5 cm³/mol. The van der Waals surface area contributed by atoms with Crippen molar-refractivity contribution in [2.45, 2.75) is 0 Å². The first-order valence-corrected chi connectivity index (χ1v) is 1.57. The first-order valence-electron chi connectivity index (χ1n) is 1.57. The molecule has 0 aliphatic carbocycles. The number of nitrogens with zero attached hydrogens (tertiary/aromatic N) is 2. The fourth-order valence-electron chi connectivity index (χ4n) is 0.255. The maximum Gasteiger partial charge on any atom is 0.261 e. The van der Waals surface area contributed by atoms with Gasteiger partial charge in [0.1, 0.15) is 6.21 Å². The Hall–Kier alpha value is -0.700. The summed E-state index contributed by atoms with van der Waals surface area (Å²) in [6.07, 6.45) is 4.35. The Bertz CT molecular complexity index is 115. The number of rotatable bonds is 0. The van der Waals surface area contributed by atoms with Crippen molar-refractivity contribution < 1.29 is 4.87 Å². The van der Waals surface area contributed by atoms with Crippen molar-refractivity contribution in [3.63, 3.8) is 0 Å². The zero-order valence-electron chi connectivity index (χ0n) is 3.44. The van der Waals surface area contributed by atoms with Crippen LogP contribution in [-0.2, 0) is 0 Å². The number of halogens is 1. The Morgan fingerprint density at radius 1 is 1.57 bits per heavy atom. The third-order valence-electron chi connectivity index (χ3n) is 0.480. The van der Waals surface area contributed by atoms with Crippen molar-refractivity contribution in [1.82, 2.24) is 0 Å². The number of hydrazone groups is 1. The molecule has 0 saturated heterocycles. The van der Waals surface area contributed by atoms with Gasteiger partial charge in [0.05, 0.1) is 4.91 Å². The van der Waals surface area contributed by atoms with Gasteiger partial charge in [-0.2, -0.15) is 0 Å². The van der Waals surface area contributed by atoms with E-state index >= 15 is 0 Å². The standard InChI is InChI=1S/C3H3N2O.ClH/c6-5-3-1-2-4-5;/h1-3H;1H/q+1;. The molecule has 0 unspecified atom stereocenters. The van der Waals surface area contributed by atoms with Crippen LogP contribution in [0.1, 0.15) is 0 Å². The van der Waals surface area contributed by atoms with E-state index in [0.29, 0.717) is 4.87 Å². The molecule has 0 bridgehead atoms. The van der Waals surface area contributed by atoms with E-state index in [4.69, 9.17) is 0 Å². The van der Waals surface area contributed by atoms with Gasteiger partial charge >= 0.3 is 0 Å². The molecule has 1 rings (SSSR count). The van der Waals surface area contributed by atoms with Crippen LogP contribution in [-0.4, -0.2) is 11.1 Å². The molecule has 0 amide bonds. The van der Waals surface area contributed by atoms with Gasteiger partial charge in [-0.3, -0.25) is 0 Å². The van der Waals surface area contributed by atoms with Crippen LogP contribution in [0.15, 0.2) is 17.4 Å². The van der Waals surface area contributed by atoms with E-state index in [-0.39, 0.29) is 12.4 Å². The molecule has 0 N–H and O–H groups in total. The quantitative estimate of drug-likeness (QED) is 0.432. The minimum atomic E-state index is 0. The van der Waals surface area contributed by atoms with Crippen LogP contribution in [0.3, 0.4) is 0 Å². The van der Waals surface area contributed by atoms with Crippen LogP contribution in [0.5, 0.6) is 0 Å². The zero-order chi connectivity index (χ0) is 4.41. The third-order valence-corrected chi connectivity index (χ3v) is 0.480. The smallest absolute Gasteiger partial charge is 0.147 e. The van der Waals surface area contributed by atoms with Gasteiger partial charge in [-0.1, -0.05) is 0 Å². The van der Waals surface area contributed by atoms with Crippen LogP contribution >= 0.6 is 12.4 Å². The maximum absolute atomic E-state index is 9.88. The average molecular weight is 120 g/mol. The minimum absolute atomic E-state index is 0. The molecule has 0 aromatic rings. The molecule has 0 spiro atoms. The highest BCUT2D eigenvalue weighted by atomic mass is 35.5. The van der Waals surface area contributed by atoms with Crippen molar-refractivity contribution in [3.05, 3.63) is 17.2 Å². The lowest BCUT2D eigenvalue weighted by molar-refractivity contribution is -0.479.